The van der Waals surface area contributed by atoms with E-state index >= 15 is 0 Å². The third-order valence-electron chi connectivity index (χ3n) is 12.9. The zero-order valence-electron chi connectivity index (χ0n) is 39.9. The van der Waals surface area contributed by atoms with E-state index in [-0.39, 0.29) is 5.41 Å². The second kappa shape index (κ2) is 20.9. The van der Waals surface area contributed by atoms with Gasteiger partial charge < -0.3 is 9.30 Å². The summed E-state index contributed by atoms with van der Waals surface area (Å²) in [4.78, 5) is 5.99. The summed E-state index contributed by atoms with van der Waals surface area (Å²) in [5.41, 5.74) is 17.7. The predicted octanol–water partition coefficient (Wildman–Crippen LogP) is 16.8. The van der Waals surface area contributed by atoms with E-state index in [0.29, 0.717) is 6.54 Å². The molecule has 0 aliphatic carbocycles. The van der Waals surface area contributed by atoms with Crippen molar-refractivity contribution in [2.24, 2.45) is 4.99 Å². The molecule has 0 saturated carbocycles. The molecule has 8 aromatic rings. The number of rotatable bonds is 17. The van der Waals surface area contributed by atoms with Crippen LogP contribution in [-0.2, 0) is 24.8 Å². The lowest BCUT2D eigenvalue weighted by Gasteiger charge is -2.30. The number of aliphatic imine (C=N–C) groups is 1. The average Bonchev–Trinajstić information content (AvgIpc) is 3.67. The summed E-state index contributed by atoms with van der Waals surface area (Å²) in [6.45, 7) is 16.4. The SMILES string of the molecule is CCCc1cccc(CCC)c1N=C(C(C)=CC(C)(C)c1ccccc1)C(Cn1c(C)ccc1C)Oc1c(-c2ccccc2)c(-c2ccccc2)cc(-c2ccccc2)c1-c1ccccc1. The summed E-state index contributed by atoms with van der Waals surface area (Å²) in [5.74, 6) is 0.832. The van der Waals surface area contributed by atoms with E-state index in [4.69, 9.17) is 9.73 Å². The molecule has 3 heteroatoms. The fourth-order valence-electron chi connectivity index (χ4n) is 9.56. The second-order valence-electron chi connectivity index (χ2n) is 18.2. The van der Waals surface area contributed by atoms with Crippen molar-refractivity contribution in [3.05, 3.63) is 228 Å². The van der Waals surface area contributed by atoms with Gasteiger partial charge in [0.2, 0.25) is 0 Å². The number of hydrogen-bond donors (Lipinski definition) is 0. The zero-order chi connectivity index (χ0) is 46.0. The normalized spacial score (nSPS) is 12.6. The van der Waals surface area contributed by atoms with Crippen LogP contribution >= 0.6 is 0 Å². The van der Waals surface area contributed by atoms with Gasteiger partial charge in [0.05, 0.1) is 17.9 Å². The third-order valence-corrected chi connectivity index (χ3v) is 12.9. The largest absolute Gasteiger partial charge is 0.481 e. The zero-order valence-corrected chi connectivity index (χ0v) is 39.9. The summed E-state index contributed by atoms with van der Waals surface area (Å²) >= 11 is 0. The minimum Gasteiger partial charge on any atom is -0.481 e. The molecular formula is C63H64N2O. The summed E-state index contributed by atoms with van der Waals surface area (Å²) in [7, 11) is 0. The third kappa shape index (κ3) is 10.1. The van der Waals surface area contributed by atoms with E-state index in [9.17, 15) is 0 Å². The molecule has 0 amide bonds. The van der Waals surface area contributed by atoms with Crippen molar-refractivity contribution in [2.45, 2.75) is 92.2 Å². The van der Waals surface area contributed by atoms with Crippen LogP contribution < -0.4 is 4.74 Å². The highest BCUT2D eigenvalue weighted by Crippen LogP contribution is 2.51. The molecule has 8 rings (SSSR count). The standard InChI is InChI=1S/C63H64N2O/c1-8-26-52-36-25-37-53(27-9-2)61(52)64-60(45(3)43-63(6,7)54-38-23-14-24-39-54)57(44-65-46(4)40-41-47(65)5)66-62-58(50-32-19-12-20-33-50)55(48-28-15-10-16-29-48)42-56(49-30-17-11-18-31-49)59(62)51-34-21-13-22-35-51/h10-25,28-43,57H,8-9,26-27,44H2,1-7H3. The van der Waals surface area contributed by atoms with Crippen LogP contribution in [0, 0.1) is 13.8 Å². The Morgan fingerprint density at radius 2 is 0.985 bits per heavy atom. The molecule has 0 spiro atoms. The van der Waals surface area contributed by atoms with Gasteiger partial charge in [0, 0.05) is 27.9 Å². The Kier molecular flexibility index (Phi) is 14.4. The van der Waals surface area contributed by atoms with Gasteiger partial charge in [-0.3, -0.25) is 0 Å². The van der Waals surface area contributed by atoms with E-state index in [1.807, 2.05) is 0 Å². The van der Waals surface area contributed by atoms with E-state index in [2.05, 4.69) is 247 Å². The maximum Gasteiger partial charge on any atom is 0.159 e. The van der Waals surface area contributed by atoms with Crippen LogP contribution in [0.4, 0.5) is 5.69 Å². The van der Waals surface area contributed by atoms with E-state index in [1.54, 1.807) is 0 Å². The molecule has 0 aliphatic heterocycles. The Hall–Kier alpha value is -6.97. The first kappa shape index (κ1) is 45.6. The molecule has 1 heterocycles. The second-order valence-corrected chi connectivity index (χ2v) is 18.2. The minimum atomic E-state index is -0.527. The molecule has 0 bridgehead atoms. The predicted molar refractivity (Wildman–Crippen MR) is 281 cm³/mol. The number of para-hydroxylation sites is 1. The molecule has 66 heavy (non-hydrogen) atoms. The number of hydrogen-bond acceptors (Lipinski definition) is 2. The molecule has 0 aliphatic rings. The minimum absolute atomic E-state index is 0.302. The Balaban J connectivity index is 1.51. The summed E-state index contributed by atoms with van der Waals surface area (Å²) in [6, 6.07) is 67.6. The molecular weight excluding hydrogens is 801 g/mol. The molecule has 0 radical (unpaired) electrons. The maximum absolute atomic E-state index is 8.18. The summed E-state index contributed by atoms with van der Waals surface area (Å²) in [6.07, 6.45) is 5.83. The number of aryl methyl sites for hydroxylation is 4. The van der Waals surface area contributed by atoms with Gasteiger partial charge in [0.15, 0.2) is 6.10 Å². The number of allylic oxidation sites excluding steroid dienone is 1. The molecule has 1 unspecified atom stereocenters. The van der Waals surface area contributed by atoms with Crippen molar-refractivity contribution >= 4 is 11.4 Å². The van der Waals surface area contributed by atoms with E-state index < -0.39 is 6.10 Å². The topological polar surface area (TPSA) is 26.5 Å². The average molecular weight is 865 g/mol. The van der Waals surface area contributed by atoms with Crippen LogP contribution in [0.15, 0.2) is 205 Å². The summed E-state index contributed by atoms with van der Waals surface area (Å²) < 4.78 is 10.6. The first-order chi connectivity index (χ1) is 32.2. The van der Waals surface area contributed by atoms with E-state index in [0.717, 1.165) is 92.9 Å². The van der Waals surface area contributed by atoms with Crippen molar-refractivity contribution in [3.63, 3.8) is 0 Å². The van der Waals surface area contributed by atoms with Gasteiger partial charge in [-0.1, -0.05) is 216 Å². The highest BCUT2D eigenvalue weighted by atomic mass is 16.5. The van der Waals surface area contributed by atoms with Crippen LogP contribution in [0.1, 0.15) is 75.5 Å². The Morgan fingerprint density at radius 1 is 0.561 bits per heavy atom. The number of aromatic nitrogens is 1. The lowest BCUT2D eigenvalue weighted by Crippen LogP contribution is -2.35. The quantitative estimate of drug-likeness (QED) is 0.0838. The lowest BCUT2D eigenvalue weighted by molar-refractivity contribution is 0.244. The van der Waals surface area contributed by atoms with Gasteiger partial charge in [-0.2, -0.15) is 0 Å². The monoisotopic (exact) mass is 865 g/mol. The van der Waals surface area contributed by atoms with Crippen LogP contribution in [0.3, 0.4) is 0 Å². The molecule has 0 fully saturated rings. The number of benzene rings is 7. The van der Waals surface area contributed by atoms with Crippen LogP contribution in [0.2, 0.25) is 0 Å². The lowest BCUT2D eigenvalue weighted by atomic mass is 9.82. The molecule has 1 atom stereocenters. The van der Waals surface area contributed by atoms with Crippen molar-refractivity contribution in [1.82, 2.24) is 4.57 Å². The van der Waals surface area contributed by atoms with Gasteiger partial charge in [0.25, 0.3) is 0 Å². The number of nitrogens with zero attached hydrogens (tertiary/aromatic N) is 2. The number of ether oxygens (including phenoxy) is 1. The smallest absolute Gasteiger partial charge is 0.159 e. The highest BCUT2D eigenvalue weighted by molar-refractivity contribution is 6.06. The van der Waals surface area contributed by atoms with Crippen molar-refractivity contribution in [1.29, 1.82) is 0 Å². The van der Waals surface area contributed by atoms with Gasteiger partial charge >= 0.3 is 0 Å². The Labute approximate surface area is 394 Å². The fraction of sp³-hybridized carbons (Fsp3) is 0.222. The first-order valence-corrected chi connectivity index (χ1v) is 23.8. The molecule has 3 nitrogen and oxygen atoms in total. The molecule has 0 N–H and O–H groups in total. The Bertz CT molecular complexity index is 2760. The van der Waals surface area contributed by atoms with Crippen LogP contribution in [0.25, 0.3) is 44.5 Å². The summed E-state index contributed by atoms with van der Waals surface area (Å²) in [5, 5.41) is 0. The van der Waals surface area contributed by atoms with Gasteiger partial charge in [-0.15, -0.1) is 0 Å². The Morgan fingerprint density at radius 3 is 1.42 bits per heavy atom. The van der Waals surface area contributed by atoms with Crippen LogP contribution in [-0.4, -0.2) is 16.4 Å². The van der Waals surface area contributed by atoms with Crippen molar-refractivity contribution in [3.8, 4) is 50.3 Å². The van der Waals surface area contributed by atoms with Gasteiger partial charge in [-0.05, 0) is 107 Å². The molecule has 7 aromatic carbocycles. The molecule has 1 aromatic heterocycles. The fourth-order valence-corrected chi connectivity index (χ4v) is 9.56. The maximum atomic E-state index is 8.18. The van der Waals surface area contributed by atoms with Gasteiger partial charge in [-0.25, -0.2) is 4.99 Å². The highest BCUT2D eigenvalue weighted by Gasteiger charge is 2.31. The van der Waals surface area contributed by atoms with Gasteiger partial charge in [0.1, 0.15) is 5.75 Å². The molecule has 0 saturated heterocycles. The van der Waals surface area contributed by atoms with E-state index in [1.165, 1.54) is 28.1 Å². The molecule has 332 valence electrons. The van der Waals surface area contributed by atoms with Crippen LogP contribution in [0.5, 0.6) is 5.75 Å². The van der Waals surface area contributed by atoms with Crippen molar-refractivity contribution in [2.75, 3.05) is 0 Å². The van der Waals surface area contributed by atoms with Crippen molar-refractivity contribution < 1.29 is 4.74 Å². The first-order valence-electron chi connectivity index (χ1n) is 23.8.